The van der Waals surface area contributed by atoms with Gasteiger partial charge in [0.1, 0.15) is 5.82 Å². The van der Waals surface area contributed by atoms with Crippen molar-refractivity contribution >= 4 is 23.4 Å². The largest absolute Gasteiger partial charge is 0.341 e. The number of carbonyl (C=O) groups is 3. The van der Waals surface area contributed by atoms with Gasteiger partial charge in [0.05, 0.1) is 6.42 Å². The van der Waals surface area contributed by atoms with E-state index in [0.717, 1.165) is 5.56 Å². The van der Waals surface area contributed by atoms with E-state index in [1.807, 2.05) is 0 Å². The monoisotopic (exact) mass is 397 g/mol. The summed E-state index contributed by atoms with van der Waals surface area (Å²) in [5, 5.41) is 2.68. The summed E-state index contributed by atoms with van der Waals surface area (Å²) >= 11 is 0. The fourth-order valence-corrected chi connectivity index (χ4v) is 3.37. The Kier molecular flexibility index (Phi) is 6.59. The molecule has 3 rings (SSSR count). The van der Waals surface area contributed by atoms with Gasteiger partial charge in [-0.25, -0.2) is 4.39 Å². The number of carbonyl (C=O) groups excluding carboxylic acids is 3. The molecule has 0 aromatic heterocycles. The van der Waals surface area contributed by atoms with E-state index in [4.69, 9.17) is 0 Å². The number of anilines is 1. The van der Waals surface area contributed by atoms with Crippen LogP contribution in [0.25, 0.3) is 0 Å². The molecule has 0 bridgehead atoms. The maximum Gasteiger partial charge on any atom is 0.253 e. The van der Waals surface area contributed by atoms with Gasteiger partial charge in [-0.05, 0) is 42.3 Å². The first-order valence-electron chi connectivity index (χ1n) is 9.61. The summed E-state index contributed by atoms with van der Waals surface area (Å²) < 4.78 is 13.0. The van der Waals surface area contributed by atoms with Crippen LogP contribution < -0.4 is 5.32 Å². The summed E-state index contributed by atoms with van der Waals surface area (Å²) in [6, 6.07) is 12.8. The third-order valence-corrected chi connectivity index (χ3v) is 4.83. The molecule has 1 heterocycles. The fourth-order valence-electron chi connectivity index (χ4n) is 3.37. The molecule has 152 valence electrons. The average Bonchev–Trinajstić information content (AvgIpc) is 2.95. The molecule has 0 atom stereocenters. The van der Waals surface area contributed by atoms with Crippen molar-refractivity contribution in [2.45, 2.75) is 19.8 Å². The van der Waals surface area contributed by atoms with Gasteiger partial charge in [-0.15, -0.1) is 0 Å². The third-order valence-electron chi connectivity index (χ3n) is 4.83. The average molecular weight is 397 g/mol. The van der Waals surface area contributed by atoms with Crippen LogP contribution in [-0.4, -0.2) is 53.7 Å². The molecule has 0 aliphatic carbocycles. The molecular formula is C22H24FN3O3. The maximum atomic E-state index is 13.0. The quantitative estimate of drug-likeness (QED) is 0.863. The molecule has 1 aliphatic heterocycles. The van der Waals surface area contributed by atoms with Gasteiger partial charge in [0.25, 0.3) is 5.91 Å². The van der Waals surface area contributed by atoms with Gasteiger partial charge in [0.2, 0.25) is 11.8 Å². The molecule has 29 heavy (non-hydrogen) atoms. The first-order valence-corrected chi connectivity index (χ1v) is 9.61. The number of hydrogen-bond acceptors (Lipinski definition) is 3. The second kappa shape index (κ2) is 9.32. The third kappa shape index (κ3) is 5.63. The number of amides is 3. The lowest BCUT2D eigenvalue weighted by Crippen LogP contribution is -2.38. The van der Waals surface area contributed by atoms with Crippen LogP contribution >= 0.6 is 0 Å². The van der Waals surface area contributed by atoms with Gasteiger partial charge in [0, 0.05) is 44.4 Å². The summed E-state index contributed by atoms with van der Waals surface area (Å²) in [7, 11) is 0. The van der Waals surface area contributed by atoms with E-state index in [1.165, 1.54) is 19.1 Å². The Morgan fingerprint density at radius 3 is 2.38 bits per heavy atom. The van der Waals surface area contributed by atoms with E-state index in [1.54, 1.807) is 46.2 Å². The van der Waals surface area contributed by atoms with E-state index < -0.39 is 0 Å². The van der Waals surface area contributed by atoms with E-state index in [0.29, 0.717) is 43.9 Å². The molecular weight excluding hydrogens is 373 g/mol. The number of benzene rings is 2. The van der Waals surface area contributed by atoms with Gasteiger partial charge in [-0.3, -0.25) is 14.4 Å². The molecule has 1 fully saturated rings. The zero-order chi connectivity index (χ0) is 20.8. The Balaban J connectivity index is 1.60. The fraction of sp³-hybridized carbons (Fsp3) is 0.318. The Labute approximate surface area is 169 Å². The molecule has 0 unspecified atom stereocenters. The minimum Gasteiger partial charge on any atom is -0.341 e. The van der Waals surface area contributed by atoms with Crippen molar-refractivity contribution in [3.63, 3.8) is 0 Å². The van der Waals surface area contributed by atoms with E-state index in [-0.39, 0.29) is 30.0 Å². The number of hydrogen-bond donors (Lipinski definition) is 1. The summed E-state index contributed by atoms with van der Waals surface area (Å²) in [6.45, 7) is 3.45. The van der Waals surface area contributed by atoms with Crippen LogP contribution in [-0.2, 0) is 16.0 Å². The van der Waals surface area contributed by atoms with Gasteiger partial charge >= 0.3 is 0 Å². The van der Waals surface area contributed by atoms with Crippen LogP contribution in [0.3, 0.4) is 0 Å². The molecule has 1 N–H and O–H groups in total. The lowest BCUT2D eigenvalue weighted by Gasteiger charge is -2.22. The maximum absolute atomic E-state index is 13.0. The SMILES string of the molecule is CC(=O)Nc1cccc(C(=O)N2CCCN(C(=O)Cc3ccc(F)cc3)CC2)c1. The van der Waals surface area contributed by atoms with E-state index in [2.05, 4.69) is 5.32 Å². The van der Waals surface area contributed by atoms with Crippen molar-refractivity contribution in [3.05, 3.63) is 65.5 Å². The van der Waals surface area contributed by atoms with Crippen molar-refractivity contribution in [3.8, 4) is 0 Å². The topological polar surface area (TPSA) is 69.7 Å². The molecule has 7 heteroatoms. The molecule has 0 radical (unpaired) electrons. The number of rotatable bonds is 4. The Hall–Kier alpha value is -3.22. The minimum atomic E-state index is -0.326. The van der Waals surface area contributed by atoms with Crippen molar-refractivity contribution in [2.24, 2.45) is 0 Å². The molecule has 2 aromatic rings. The highest BCUT2D eigenvalue weighted by Gasteiger charge is 2.23. The van der Waals surface area contributed by atoms with Crippen molar-refractivity contribution < 1.29 is 18.8 Å². The van der Waals surface area contributed by atoms with E-state index >= 15 is 0 Å². The Morgan fingerprint density at radius 2 is 1.66 bits per heavy atom. The van der Waals surface area contributed by atoms with Gasteiger partial charge in [0.15, 0.2) is 0 Å². The van der Waals surface area contributed by atoms with Crippen molar-refractivity contribution in [1.82, 2.24) is 9.80 Å². The Morgan fingerprint density at radius 1 is 0.966 bits per heavy atom. The van der Waals surface area contributed by atoms with Crippen LogP contribution in [0.4, 0.5) is 10.1 Å². The zero-order valence-corrected chi connectivity index (χ0v) is 16.4. The predicted molar refractivity (Wildman–Crippen MR) is 108 cm³/mol. The second-order valence-electron chi connectivity index (χ2n) is 7.09. The highest BCUT2D eigenvalue weighted by Crippen LogP contribution is 2.15. The molecule has 2 aromatic carbocycles. The molecule has 1 aliphatic rings. The minimum absolute atomic E-state index is 0.0291. The lowest BCUT2D eigenvalue weighted by molar-refractivity contribution is -0.130. The van der Waals surface area contributed by atoms with Crippen LogP contribution in [0, 0.1) is 5.82 Å². The van der Waals surface area contributed by atoms with Crippen LogP contribution in [0.5, 0.6) is 0 Å². The molecule has 0 saturated carbocycles. The number of halogens is 1. The number of nitrogens with zero attached hydrogens (tertiary/aromatic N) is 2. The first kappa shape index (κ1) is 20.5. The van der Waals surface area contributed by atoms with Crippen LogP contribution in [0.1, 0.15) is 29.3 Å². The first-order chi connectivity index (χ1) is 13.9. The van der Waals surface area contributed by atoms with Gasteiger partial charge < -0.3 is 15.1 Å². The van der Waals surface area contributed by atoms with Gasteiger partial charge in [-0.2, -0.15) is 0 Å². The van der Waals surface area contributed by atoms with Crippen molar-refractivity contribution in [1.29, 1.82) is 0 Å². The number of nitrogens with one attached hydrogen (secondary N) is 1. The molecule has 0 spiro atoms. The standard InChI is InChI=1S/C22H24FN3O3/c1-16(27)24-20-5-2-4-18(15-20)22(29)26-11-3-10-25(12-13-26)21(28)14-17-6-8-19(23)9-7-17/h2,4-9,15H,3,10-14H2,1H3,(H,24,27). The predicted octanol–water partition coefficient (Wildman–Crippen LogP) is 2.70. The van der Waals surface area contributed by atoms with Crippen LogP contribution in [0.15, 0.2) is 48.5 Å². The summed E-state index contributed by atoms with van der Waals surface area (Å²) in [5.41, 5.74) is 1.85. The zero-order valence-electron chi connectivity index (χ0n) is 16.4. The lowest BCUT2D eigenvalue weighted by atomic mass is 10.1. The van der Waals surface area contributed by atoms with E-state index in [9.17, 15) is 18.8 Å². The molecule has 1 saturated heterocycles. The highest BCUT2D eigenvalue weighted by atomic mass is 19.1. The second-order valence-corrected chi connectivity index (χ2v) is 7.09. The summed E-state index contributed by atoms with van der Waals surface area (Å²) in [4.78, 5) is 40.2. The van der Waals surface area contributed by atoms with Crippen LogP contribution in [0.2, 0.25) is 0 Å². The normalized spacial score (nSPS) is 14.3. The molecule has 6 nitrogen and oxygen atoms in total. The highest BCUT2D eigenvalue weighted by molar-refractivity contribution is 5.96. The molecule has 3 amide bonds. The van der Waals surface area contributed by atoms with Crippen molar-refractivity contribution in [2.75, 3.05) is 31.5 Å². The van der Waals surface area contributed by atoms with Gasteiger partial charge in [-0.1, -0.05) is 18.2 Å². The smallest absolute Gasteiger partial charge is 0.253 e. The summed E-state index contributed by atoms with van der Waals surface area (Å²) in [6.07, 6.45) is 0.902. The summed E-state index contributed by atoms with van der Waals surface area (Å²) in [5.74, 6) is -0.670. The Bertz CT molecular complexity index is 898.